The monoisotopic (exact) mass is 385 g/mol. The molecule has 2 rings (SSSR count). The Kier molecular flexibility index (Phi) is 7.18. The summed E-state index contributed by atoms with van der Waals surface area (Å²) in [5.74, 6) is 1.65. The van der Waals surface area contributed by atoms with Gasteiger partial charge in [-0.05, 0) is 26.0 Å². The molecule has 0 saturated heterocycles. The van der Waals surface area contributed by atoms with Crippen LogP contribution < -0.4 is 9.47 Å². The van der Waals surface area contributed by atoms with Gasteiger partial charge in [0.05, 0.1) is 14.2 Å². The van der Waals surface area contributed by atoms with E-state index >= 15 is 0 Å². The smallest absolute Gasteiger partial charge is 0.160 e. The number of para-hydroxylation sites is 2. The fraction of sp³-hybridized carbons (Fsp3) is 0.333. The van der Waals surface area contributed by atoms with Crippen molar-refractivity contribution in [1.82, 2.24) is 4.67 Å². The van der Waals surface area contributed by atoms with E-state index in [1.165, 1.54) is 0 Å². The third-order valence-electron chi connectivity index (χ3n) is 4.15. The molecule has 0 amide bonds. The van der Waals surface area contributed by atoms with Crippen molar-refractivity contribution >= 4 is 29.3 Å². The van der Waals surface area contributed by atoms with Crippen LogP contribution in [0.3, 0.4) is 0 Å². The largest absolute Gasteiger partial charge is 0.496 e. The Balaban J connectivity index is 2.41. The highest BCUT2D eigenvalue weighted by molar-refractivity contribution is 8.02. The molecule has 0 unspecified atom stereocenters. The Hall–Kier alpha value is -0.990. The number of hydrogen-bond acceptors (Lipinski definition) is 3. The number of ether oxygens (including phenoxy) is 2. The summed E-state index contributed by atoms with van der Waals surface area (Å²) in [4.78, 5) is 0. The highest BCUT2D eigenvalue weighted by atomic mass is 35.9. The lowest BCUT2D eigenvalue weighted by atomic mass is 10.0. The Morgan fingerprint density at radius 2 is 1.17 bits per heavy atom. The lowest BCUT2D eigenvalue weighted by Gasteiger charge is -2.36. The van der Waals surface area contributed by atoms with Crippen LogP contribution in [0.4, 0.5) is 0 Å². The first-order valence-corrected chi connectivity index (χ1v) is 10.8. The average molecular weight is 386 g/mol. The quantitative estimate of drug-likeness (QED) is 0.505. The Morgan fingerprint density at radius 1 is 0.792 bits per heavy atom. The molecule has 2 atom stereocenters. The number of benzene rings is 2. The van der Waals surface area contributed by atoms with Crippen LogP contribution in [-0.4, -0.2) is 18.9 Å². The van der Waals surface area contributed by atoms with Gasteiger partial charge in [-0.25, -0.2) is 4.67 Å². The third-order valence-corrected chi connectivity index (χ3v) is 6.24. The Morgan fingerprint density at radius 3 is 1.50 bits per heavy atom. The minimum absolute atomic E-state index is 0.0119. The first-order chi connectivity index (χ1) is 11.5. The molecule has 0 heterocycles. The molecule has 6 heteroatoms. The van der Waals surface area contributed by atoms with Gasteiger partial charge in [0.25, 0.3) is 0 Å². The summed E-state index contributed by atoms with van der Waals surface area (Å²) in [7, 11) is 3.34. The second-order valence-electron chi connectivity index (χ2n) is 5.43. The van der Waals surface area contributed by atoms with Gasteiger partial charge in [-0.3, -0.25) is 0 Å². The van der Waals surface area contributed by atoms with Crippen molar-refractivity contribution in [3.05, 3.63) is 59.7 Å². The van der Waals surface area contributed by atoms with Gasteiger partial charge in [-0.1, -0.05) is 58.9 Å². The molecule has 0 aromatic heterocycles. The predicted octanol–water partition coefficient (Wildman–Crippen LogP) is 6.53. The van der Waals surface area contributed by atoms with E-state index in [0.29, 0.717) is 0 Å². The summed E-state index contributed by atoms with van der Waals surface area (Å²) in [5, 5.41) is 0. The van der Waals surface area contributed by atoms with E-state index in [2.05, 4.69) is 18.5 Å². The number of nitrogens with zero attached hydrogens (tertiary/aromatic N) is 1. The van der Waals surface area contributed by atoms with Crippen molar-refractivity contribution in [2.24, 2.45) is 0 Å². The minimum atomic E-state index is -1.36. The molecule has 0 N–H and O–H groups in total. The summed E-state index contributed by atoms with van der Waals surface area (Å²) in [5.41, 5.74) is 2.10. The van der Waals surface area contributed by atoms with Crippen LogP contribution >= 0.6 is 29.3 Å². The van der Waals surface area contributed by atoms with Crippen molar-refractivity contribution < 1.29 is 9.47 Å². The maximum Gasteiger partial charge on any atom is 0.160 e. The highest BCUT2D eigenvalue weighted by Crippen LogP contribution is 2.59. The average Bonchev–Trinajstić information content (AvgIpc) is 2.61. The zero-order chi connectivity index (χ0) is 17.7. The molecule has 24 heavy (non-hydrogen) atoms. The van der Waals surface area contributed by atoms with E-state index in [9.17, 15) is 0 Å². The minimum Gasteiger partial charge on any atom is -0.496 e. The molecule has 0 aliphatic rings. The van der Waals surface area contributed by atoms with Gasteiger partial charge >= 0.3 is 0 Å². The van der Waals surface area contributed by atoms with Crippen LogP contribution in [0.2, 0.25) is 0 Å². The standard InChI is InChI=1S/C18H22Cl2NO2P/c1-13(15-9-5-7-11-17(15)22-3)21(24(19)20)14(2)16-10-6-8-12-18(16)23-4/h5-14H,1-4H3/t13-,14-/m0/s1. The van der Waals surface area contributed by atoms with E-state index in [1.54, 1.807) is 14.2 Å². The maximum atomic E-state index is 6.40. The van der Waals surface area contributed by atoms with Gasteiger partial charge < -0.3 is 9.47 Å². The van der Waals surface area contributed by atoms with Crippen LogP contribution in [0.15, 0.2) is 48.5 Å². The number of methoxy groups -OCH3 is 2. The highest BCUT2D eigenvalue weighted by Gasteiger charge is 2.31. The van der Waals surface area contributed by atoms with Crippen molar-refractivity contribution in [1.29, 1.82) is 0 Å². The van der Waals surface area contributed by atoms with Crippen LogP contribution in [0.5, 0.6) is 11.5 Å². The van der Waals surface area contributed by atoms with Gasteiger partial charge in [0.2, 0.25) is 0 Å². The zero-order valence-corrected chi connectivity index (χ0v) is 16.6. The first kappa shape index (κ1) is 19.3. The van der Waals surface area contributed by atoms with Gasteiger partial charge in [-0.2, -0.15) is 0 Å². The molecule has 0 spiro atoms. The number of halogens is 2. The van der Waals surface area contributed by atoms with E-state index in [4.69, 9.17) is 32.0 Å². The fourth-order valence-corrected chi connectivity index (χ4v) is 5.25. The fourth-order valence-electron chi connectivity index (χ4n) is 2.91. The predicted molar refractivity (Wildman–Crippen MR) is 103 cm³/mol. The topological polar surface area (TPSA) is 21.7 Å². The molecule has 2 aromatic carbocycles. The van der Waals surface area contributed by atoms with Gasteiger partial charge in [0.15, 0.2) is 6.78 Å². The molecule has 130 valence electrons. The molecule has 0 aliphatic heterocycles. The third kappa shape index (κ3) is 4.15. The molecular formula is C18H22Cl2NO2P. The molecule has 2 aromatic rings. The molecule has 0 radical (unpaired) electrons. The molecule has 0 bridgehead atoms. The molecular weight excluding hydrogens is 364 g/mol. The zero-order valence-electron chi connectivity index (χ0n) is 14.2. The lowest BCUT2D eigenvalue weighted by molar-refractivity contribution is 0.289. The first-order valence-electron chi connectivity index (χ1n) is 7.67. The molecule has 3 nitrogen and oxygen atoms in total. The second kappa shape index (κ2) is 8.92. The van der Waals surface area contributed by atoms with E-state index in [1.807, 2.05) is 48.5 Å². The Labute approximate surface area is 154 Å². The van der Waals surface area contributed by atoms with Gasteiger partial charge in [0.1, 0.15) is 11.5 Å². The normalized spacial score (nSPS) is 13.8. The summed E-state index contributed by atoms with van der Waals surface area (Å²) >= 11 is 12.8. The molecule has 0 aliphatic carbocycles. The summed E-state index contributed by atoms with van der Waals surface area (Å²) in [6.07, 6.45) is 0. The van der Waals surface area contributed by atoms with E-state index in [0.717, 1.165) is 22.6 Å². The van der Waals surface area contributed by atoms with Crippen molar-refractivity contribution in [2.75, 3.05) is 14.2 Å². The van der Waals surface area contributed by atoms with E-state index in [-0.39, 0.29) is 12.1 Å². The van der Waals surface area contributed by atoms with Crippen molar-refractivity contribution in [3.63, 3.8) is 0 Å². The van der Waals surface area contributed by atoms with Crippen molar-refractivity contribution in [2.45, 2.75) is 25.9 Å². The summed E-state index contributed by atoms with van der Waals surface area (Å²) in [6.45, 7) is 2.82. The van der Waals surface area contributed by atoms with Crippen LogP contribution in [-0.2, 0) is 0 Å². The van der Waals surface area contributed by atoms with Crippen LogP contribution in [0.1, 0.15) is 37.1 Å². The Bertz CT molecular complexity index is 615. The van der Waals surface area contributed by atoms with Gasteiger partial charge in [-0.15, -0.1) is 0 Å². The molecule has 0 saturated carbocycles. The van der Waals surface area contributed by atoms with E-state index < -0.39 is 6.78 Å². The van der Waals surface area contributed by atoms with Crippen LogP contribution in [0, 0.1) is 0 Å². The van der Waals surface area contributed by atoms with Crippen molar-refractivity contribution in [3.8, 4) is 11.5 Å². The lowest BCUT2D eigenvalue weighted by Crippen LogP contribution is -2.24. The van der Waals surface area contributed by atoms with Gasteiger partial charge in [0, 0.05) is 23.2 Å². The summed E-state index contributed by atoms with van der Waals surface area (Å²) < 4.78 is 13.1. The number of rotatable bonds is 7. The SMILES string of the molecule is COc1ccccc1[C@H](C)N([C@@H](C)c1ccccc1OC)P(Cl)Cl. The van der Waals surface area contributed by atoms with Crippen LogP contribution in [0.25, 0.3) is 0 Å². The summed E-state index contributed by atoms with van der Waals surface area (Å²) in [6, 6.07) is 15.8. The maximum absolute atomic E-state index is 6.40. The number of hydrogen-bond donors (Lipinski definition) is 0. The molecule has 0 fully saturated rings. The second-order valence-corrected chi connectivity index (χ2v) is 8.76.